The quantitative estimate of drug-likeness (QED) is 0.603. The lowest BCUT2D eigenvalue weighted by Crippen LogP contribution is -1.95. The number of hydrogen-bond donors (Lipinski definition) is 1. The van der Waals surface area contributed by atoms with Crippen molar-refractivity contribution in [3.63, 3.8) is 0 Å². The summed E-state index contributed by atoms with van der Waals surface area (Å²) in [5.74, 6) is 6.97. The van der Waals surface area contributed by atoms with Crippen LogP contribution in [0.15, 0.2) is 24.3 Å². The smallest absolute Gasteiger partial charge is 0.149 e. The van der Waals surface area contributed by atoms with Crippen LogP contribution in [-0.2, 0) is 0 Å². The van der Waals surface area contributed by atoms with Gasteiger partial charge in [-0.3, -0.25) is 0 Å². The maximum absolute atomic E-state index is 5.52. The average Bonchev–Trinajstić information content (AvgIpc) is 2.34. The van der Waals surface area contributed by atoms with Crippen LogP contribution in [0.25, 0.3) is 0 Å². The van der Waals surface area contributed by atoms with Crippen molar-refractivity contribution in [1.29, 1.82) is 0 Å². The highest BCUT2D eigenvalue weighted by Crippen LogP contribution is 2.16. The molecule has 86 valence electrons. The molecular formula is C14H19NO. The molecule has 0 saturated heterocycles. The molecule has 0 heterocycles. The molecule has 0 unspecified atom stereocenters. The fourth-order valence-corrected chi connectivity index (χ4v) is 1.27. The Kier molecular flexibility index (Phi) is 5.95. The van der Waals surface area contributed by atoms with E-state index in [1.54, 1.807) is 0 Å². The van der Waals surface area contributed by atoms with Crippen molar-refractivity contribution in [1.82, 2.24) is 0 Å². The Morgan fingerprint density at radius 1 is 1.31 bits per heavy atom. The fraction of sp³-hybridized carbons (Fsp3) is 0.429. The maximum atomic E-state index is 5.52. The van der Waals surface area contributed by atoms with Crippen molar-refractivity contribution in [3.8, 4) is 17.6 Å². The Hall–Kier alpha value is -1.62. The summed E-state index contributed by atoms with van der Waals surface area (Å²) >= 11 is 0. The van der Waals surface area contributed by atoms with Crippen LogP contribution in [0.5, 0.6) is 5.75 Å². The molecule has 0 atom stereocenters. The predicted molar refractivity (Wildman–Crippen MR) is 68.8 cm³/mol. The first-order valence-corrected chi connectivity index (χ1v) is 5.73. The highest BCUT2D eigenvalue weighted by atomic mass is 16.5. The first-order valence-electron chi connectivity index (χ1n) is 5.73. The molecule has 1 aromatic rings. The number of ether oxygens (including phenoxy) is 1. The van der Waals surface area contributed by atoms with Gasteiger partial charge >= 0.3 is 0 Å². The zero-order valence-electron chi connectivity index (χ0n) is 10.0. The molecule has 0 fully saturated rings. The van der Waals surface area contributed by atoms with Crippen LogP contribution in [0, 0.1) is 11.8 Å². The molecule has 0 aliphatic rings. The maximum Gasteiger partial charge on any atom is 0.149 e. The van der Waals surface area contributed by atoms with Gasteiger partial charge in [-0.15, -0.1) is 0 Å². The van der Waals surface area contributed by atoms with Gasteiger partial charge in [0.15, 0.2) is 0 Å². The minimum Gasteiger partial charge on any atom is -0.481 e. The van der Waals surface area contributed by atoms with Gasteiger partial charge < -0.3 is 10.1 Å². The summed E-state index contributed by atoms with van der Waals surface area (Å²) in [5, 5.41) is 3.07. The number of hydrogen-bond acceptors (Lipinski definition) is 2. The molecule has 0 aromatic heterocycles. The van der Waals surface area contributed by atoms with Crippen molar-refractivity contribution in [2.24, 2.45) is 0 Å². The van der Waals surface area contributed by atoms with E-state index in [0.717, 1.165) is 17.9 Å². The third-order valence-corrected chi connectivity index (χ3v) is 2.21. The topological polar surface area (TPSA) is 21.3 Å². The molecule has 0 spiro atoms. The van der Waals surface area contributed by atoms with Crippen LogP contribution >= 0.6 is 0 Å². The standard InChI is InChI=1S/C14H19NO/c1-3-4-5-6-7-11-16-14-10-8-9-13(12-14)15-2/h8-10,12,15H,3-5,11H2,1-2H3. The SMILES string of the molecule is CCCCC#CCOc1cccc(NC)c1. The monoisotopic (exact) mass is 217 g/mol. The van der Waals surface area contributed by atoms with Gasteiger partial charge in [-0.2, -0.15) is 0 Å². The third-order valence-electron chi connectivity index (χ3n) is 2.21. The van der Waals surface area contributed by atoms with Crippen LogP contribution in [0.2, 0.25) is 0 Å². The van der Waals surface area contributed by atoms with E-state index in [-0.39, 0.29) is 0 Å². The summed E-state index contributed by atoms with van der Waals surface area (Å²) in [6.07, 6.45) is 3.33. The molecule has 2 heteroatoms. The zero-order valence-corrected chi connectivity index (χ0v) is 10.0. The molecule has 0 aliphatic heterocycles. The summed E-state index contributed by atoms with van der Waals surface area (Å²) in [6, 6.07) is 7.87. The van der Waals surface area contributed by atoms with Gasteiger partial charge in [0.2, 0.25) is 0 Å². The molecule has 0 aliphatic carbocycles. The Morgan fingerprint density at radius 3 is 2.94 bits per heavy atom. The number of rotatable bonds is 5. The van der Waals surface area contributed by atoms with Gasteiger partial charge in [-0.1, -0.05) is 31.3 Å². The molecule has 0 amide bonds. The minimum absolute atomic E-state index is 0.469. The van der Waals surface area contributed by atoms with Crippen LogP contribution in [0.4, 0.5) is 5.69 Å². The van der Waals surface area contributed by atoms with Crippen LogP contribution in [0.1, 0.15) is 26.2 Å². The Bertz CT molecular complexity index is 362. The van der Waals surface area contributed by atoms with E-state index in [0.29, 0.717) is 6.61 Å². The van der Waals surface area contributed by atoms with E-state index >= 15 is 0 Å². The minimum atomic E-state index is 0.469. The first-order chi connectivity index (χ1) is 7.86. The molecule has 1 rings (SSSR count). The van der Waals surface area contributed by atoms with Crippen molar-refractivity contribution in [3.05, 3.63) is 24.3 Å². The second kappa shape index (κ2) is 7.64. The van der Waals surface area contributed by atoms with Crippen molar-refractivity contribution in [2.75, 3.05) is 19.0 Å². The highest BCUT2D eigenvalue weighted by molar-refractivity contribution is 5.47. The Morgan fingerprint density at radius 2 is 2.19 bits per heavy atom. The Labute approximate surface area is 98.0 Å². The lowest BCUT2D eigenvalue weighted by Gasteiger charge is -2.04. The second-order valence-electron chi connectivity index (χ2n) is 3.52. The lowest BCUT2D eigenvalue weighted by molar-refractivity contribution is 0.370. The third kappa shape index (κ3) is 4.75. The van der Waals surface area contributed by atoms with Crippen LogP contribution in [0.3, 0.4) is 0 Å². The van der Waals surface area contributed by atoms with Gasteiger partial charge in [-0.25, -0.2) is 0 Å². The molecule has 2 nitrogen and oxygen atoms in total. The van der Waals surface area contributed by atoms with Gasteiger partial charge in [0.05, 0.1) is 0 Å². The van der Waals surface area contributed by atoms with Gasteiger partial charge in [0.1, 0.15) is 12.4 Å². The number of unbranched alkanes of at least 4 members (excludes halogenated alkanes) is 2. The van der Waals surface area contributed by atoms with E-state index in [9.17, 15) is 0 Å². The van der Waals surface area contributed by atoms with Crippen molar-refractivity contribution in [2.45, 2.75) is 26.2 Å². The van der Waals surface area contributed by atoms with Crippen molar-refractivity contribution < 1.29 is 4.74 Å². The highest BCUT2D eigenvalue weighted by Gasteiger charge is 1.92. The molecule has 1 N–H and O–H groups in total. The van der Waals surface area contributed by atoms with E-state index in [1.165, 1.54) is 12.8 Å². The normalized spacial score (nSPS) is 9.12. The van der Waals surface area contributed by atoms with Crippen molar-refractivity contribution >= 4 is 5.69 Å². The number of nitrogens with one attached hydrogen (secondary N) is 1. The van der Waals surface area contributed by atoms with E-state index in [4.69, 9.17) is 4.74 Å². The number of anilines is 1. The van der Waals surface area contributed by atoms with E-state index < -0.39 is 0 Å². The lowest BCUT2D eigenvalue weighted by atomic mass is 10.2. The largest absolute Gasteiger partial charge is 0.481 e. The van der Waals surface area contributed by atoms with Crippen LogP contribution < -0.4 is 10.1 Å². The van der Waals surface area contributed by atoms with Gasteiger partial charge in [0.25, 0.3) is 0 Å². The van der Waals surface area contributed by atoms with E-state index in [1.807, 2.05) is 31.3 Å². The second-order valence-corrected chi connectivity index (χ2v) is 3.52. The number of benzene rings is 1. The molecule has 16 heavy (non-hydrogen) atoms. The molecule has 1 aromatic carbocycles. The summed E-state index contributed by atoms with van der Waals surface area (Å²) in [7, 11) is 1.89. The predicted octanol–water partition coefficient (Wildman–Crippen LogP) is 3.30. The zero-order chi connectivity index (χ0) is 11.6. The summed E-state index contributed by atoms with van der Waals surface area (Å²) < 4.78 is 5.52. The summed E-state index contributed by atoms with van der Waals surface area (Å²) in [4.78, 5) is 0. The van der Waals surface area contributed by atoms with E-state index in [2.05, 4.69) is 24.1 Å². The van der Waals surface area contributed by atoms with Gasteiger partial charge in [0, 0.05) is 25.2 Å². The summed E-state index contributed by atoms with van der Waals surface area (Å²) in [5.41, 5.74) is 1.05. The van der Waals surface area contributed by atoms with Crippen LogP contribution in [-0.4, -0.2) is 13.7 Å². The molecular weight excluding hydrogens is 198 g/mol. The molecule has 0 radical (unpaired) electrons. The van der Waals surface area contributed by atoms with Gasteiger partial charge in [-0.05, 0) is 18.6 Å². The molecule has 0 saturated carbocycles. The summed E-state index contributed by atoms with van der Waals surface area (Å²) in [6.45, 7) is 2.64. The fourth-order valence-electron chi connectivity index (χ4n) is 1.27. The first kappa shape index (κ1) is 12.4. The molecule has 0 bridgehead atoms. The Balaban J connectivity index is 2.32. The average molecular weight is 217 g/mol.